The summed E-state index contributed by atoms with van der Waals surface area (Å²) in [5, 5.41) is 17.9. The number of carbonyl (C=O) groups excluding carboxylic acids is 1. The molecule has 0 spiro atoms. The van der Waals surface area contributed by atoms with Gasteiger partial charge in [0.25, 0.3) is 5.91 Å². The average Bonchev–Trinajstić information content (AvgIpc) is 2.25. The smallest absolute Gasteiger partial charge is 0.307 e. The maximum atomic E-state index is 13.7. The maximum Gasteiger partial charge on any atom is 0.307 e. The number of nitrogens with one attached hydrogen (secondary N) is 1. The minimum atomic E-state index is -4.53. The van der Waals surface area contributed by atoms with Gasteiger partial charge in [0.2, 0.25) is 15.8 Å². The van der Waals surface area contributed by atoms with Gasteiger partial charge in [-0.05, 0) is 19.9 Å². The molecule has 0 radical (unpaired) electrons. The molecule has 0 saturated heterocycles. The van der Waals surface area contributed by atoms with Crippen LogP contribution in [0.3, 0.4) is 0 Å². The number of nitrogens with zero attached hydrogens (tertiary/aromatic N) is 1. The summed E-state index contributed by atoms with van der Waals surface area (Å²) in [6.45, 7) is 3.27. The number of halogens is 1. The zero-order valence-corrected chi connectivity index (χ0v) is 11.4. The van der Waals surface area contributed by atoms with Crippen LogP contribution in [-0.4, -0.2) is 25.3 Å². The van der Waals surface area contributed by atoms with Gasteiger partial charge in [-0.1, -0.05) is 0 Å². The first-order valence-corrected chi connectivity index (χ1v) is 6.90. The zero-order valence-electron chi connectivity index (χ0n) is 10.6. The van der Waals surface area contributed by atoms with E-state index >= 15 is 0 Å². The number of nitro benzene ring substituents is 1. The third-order valence-corrected chi connectivity index (χ3v) is 3.12. The summed E-state index contributed by atoms with van der Waals surface area (Å²) in [5.74, 6) is -2.37. The largest absolute Gasteiger partial charge is 0.350 e. The van der Waals surface area contributed by atoms with E-state index in [0.29, 0.717) is 12.1 Å². The summed E-state index contributed by atoms with van der Waals surface area (Å²) in [4.78, 5) is 20.2. The fourth-order valence-corrected chi connectivity index (χ4v) is 2.05. The van der Waals surface area contributed by atoms with Gasteiger partial charge >= 0.3 is 5.69 Å². The lowest BCUT2D eigenvalue weighted by Crippen LogP contribution is -2.30. The van der Waals surface area contributed by atoms with E-state index in [9.17, 15) is 27.7 Å². The summed E-state index contributed by atoms with van der Waals surface area (Å²) in [7, 11) is -4.53. The number of amides is 1. The molecule has 3 N–H and O–H groups in total. The number of rotatable bonds is 4. The van der Waals surface area contributed by atoms with Crippen LogP contribution in [0.1, 0.15) is 24.2 Å². The molecule has 0 aliphatic carbocycles. The predicted molar refractivity (Wildman–Crippen MR) is 67.0 cm³/mol. The number of carbonyl (C=O) groups is 1. The van der Waals surface area contributed by atoms with E-state index in [1.165, 1.54) is 0 Å². The van der Waals surface area contributed by atoms with Crippen molar-refractivity contribution in [3.8, 4) is 0 Å². The zero-order chi connectivity index (χ0) is 15.7. The summed E-state index contributed by atoms with van der Waals surface area (Å²) in [6, 6.07) is 1.03. The summed E-state index contributed by atoms with van der Waals surface area (Å²) in [6.07, 6.45) is 0. The highest BCUT2D eigenvalue weighted by molar-refractivity contribution is 7.89. The first-order valence-electron chi connectivity index (χ1n) is 5.35. The molecule has 1 rings (SSSR count). The van der Waals surface area contributed by atoms with Gasteiger partial charge in [0.1, 0.15) is 4.90 Å². The number of benzene rings is 1. The number of hydrogen-bond acceptors (Lipinski definition) is 5. The van der Waals surface area contributed by atoms with Crippen LogP contribution in [0, 0.1) is 15.9 Å². The molecule has 0 atom stereocenters. The number of hydrogen-bond donors (Lipinski definition) is 2. The fourth-order valence-electron chi connectivity index (χ4n) is 1.40. The van der Waals surface area contributed by atoms with E-state index < -0.39 is 37.3 Å². The highest BCUT2D eigenvalue weighted by Gasteiger charge is 2.27. The number of nitro groups is 1. The molecule has 8 nitrogen and oxygen atoms in total. The second-order valence-corrected chi connectivity index (χ2v) is 5.77. The third kappa shape index (κ3) is 3.48. The molecule has 1 aromatic carbocycles. The quantitative estimate of drug-likeness (QED) is 0.618. The van der Waals surface area contributed by atoms with Crippen LogP contribution in [0.15, 0.2) is 17.0 Å². The Hall–Kier alpha value is -2.07. The topological polar surface area (TPSA) is 132 Å². The third-order valence-electron chi connectivity index (χ3n) is 2.21. The van der Waals surface area contributed by atoms with Crippen molar-refractivity contribution in [2.24, 2.45) is 5.14 Å². The summed E-state index contributed by atoms with van der Waals surface area (Å²) >= 11 is 0. The minimum absolute atomic E-state index is 0.287. The van der Waals surface area contributed by atoms with E-state index in [2.05, 4.69) is 5.32 Å². The molecular formula is C10H12FN3O5S. The normalized spacial score (nSPS) is 11.4. The molecule has 1 aromatic rings. The number of nitrogens with two attached hydrogens (primary N) is 1. The molecular weight excluding hydrogens is 293 g/mol. The van der Waals surface area contributed by atoms with E-state index in [-0.39, 0.29) is 11.6 Å². The Labute approximate surface area is 114 Å². The summed E-state index contributed by atoms with van der Waals surface area (Å²) < 4.78 is 36.1. The van der Waals surface area contributed by atoms with Crippen molar-refractivity contribution in [2.75, 3.05) is 0 Å². The Balaban J connectivity index is 3.53. The highest BCUT2D eigenvalue weighted by Crippen LogP contribution is 2.25. The average molecular weight is 305 g/mol. The lowest BCUT2D eigenvalue weighted by atomic mass is 10.1. The van der Waals surface area contributed by atoms with Crippen LogP contribution in [0.2, 0.25) is 0 Å². The molecule has 0 aliphatic heterocycles. The number of primary sulfonamides is 1. The van der Waals surface area contributed by atoms with Crippen LogP contribution in [0.25, 0.3) is 0 Å². The number of sulfonamides is 1. The van der Waals surface area contributed by atoms with E-state index in [1.807, 2.05) is 0 Å². The van der Waals surface area contributed by atoms with E-state index in [0.717, 1.165) is 0 Å². The van der Waals surface area contributed by atoms with Crippen molar-refractivity contribution in [3.05, 3.63) is 33.6 Å². The molecule has 110 valence electrons. The Morgan fingerprint density at radius 2 is 2.00 bits per heavy atom. The standard InChI is InChI=1S/C10H12FN3O5S/c1-5(2)13-10(15)6-3-7(14(16)17)9(11)8(4-6)20(12,18)19/h3-5H,1-2H3,(H,13,15)(H2,12,18,19). The van der Waals surface area contributed by atoms with E-state index in [1.54, 1.807) is 13.8 Å². The fraction of sp³-hybridized carbons (Fsp3) is 0.300. The van der Waals surface area contributed by atoms with Crippen LogP contribution in [0.5, 0.6) is 0 Å². The van der Waals surface area contributed by atoms with Crippen LogP contribution < -0.4 is 10.5 Å². The Bertz CT molecular complexity index is 672. The second kappa shape index (κ2) is 5.51. The molecule has 0 unspecified atom stereocenters. The van der Waals surface area contributed by atoms with Crippen LogP contribution in [-0.2, 0) is 10.0 Å². The maximum absolute atomic E-state index is 13.7. The van der Waals surface area contributed by atoms with Gasteiger partial charge < -0.3 is 5.32 Å². The molecule has 1 amide bonds. The molecule has 0 heterocycles. The van der Waals surface area contributed by atoms with Crippen molar-refractivity contribution in [1.82, 2.24) is 5.32 Å². The van der Waals surface area contributed by atoms with Gasteiger partial charge in [-0.15, -0.1) is 0 Å². The van der Waals surface area contributed by atoms with Crippen LogP contribution in [0.4, 0.5) is 10.1 Å². The van der Waals surface area contributed by atoms with Gasteiger partial charge in [-0.3, -0.25) is 14.9 Å². The lowest BCUT2D eigenvalue weighted by molar-refractivity contribution is -0.387. The Morgan fingerprint density at radius 1 is 1.45 bits per heavy atom. The lowest BCUT2D eigenvalue weighted by Gasteiger charge is -2.09. The second-order valence-electron chi connectivity index (χ2n) is 4.24. The highest BCUT2D eigenvalue weighted by atomic mass is 32.2. The Morgan fingerprint density at radius 3 is 2.40 bits per heavy atom. The molecule has 10 heteroatoms. The van der Waals surface area contributed by atoms with Crippen molar-refractivity contribution >= 4 is 21.6 Å². The molecule has 20 heavy (non-hydrogen) atoms. The first kappa shape index (κ1) is 16.0. The van der Waals surface area contributed by atoms with Gasteiger partial charge in [0, 0.05) is 17.7 Å². The van der Waals surface area contributed by atoms with E-state index in [4.69, 9.17) is 5.14 Å². The minimum Gasteiger partial charge on any atom is -0.350 e. The van der Waals surface area contributed by atoms with Gasteiger partial charge in [-0.2, -0.15) is 4.39 Å². The van der Waals surface area contributed by atoms with Crippen molar-refractivity contribution < 1.29 is 22.5 Å². The molecule has 0 aliphatic rings. The monoisotopic (exact) mass is 305 g/mol. The van der Waals surface area contributed by atoms with Crippen molar-refractivity contribution in [1.29, 1.82) is 0 Å². The van der Waals surface area contributed by atoms with Gasteiger partial charge in [0.05, 0.1) is 4.92 Å². The van der Waals surface area contributed by atoms with Crippen molar-refractivity contribution in [2.45, 2.75) is 24.8 Å². The molecule has 0 fully saturated rings. The predicted octanol–water partition coefficient (Wildman–Crippen LogP) is 0.520. The SMILES string of the molecule is CC(C)NC(=O)c1cc([N+](=O)[O-])c(F)c(S(N)(=O)=O)c1. The van der Waals surface area contributed by atoms with Crippen LogP contribution >= 0.6 is 0 Å². The first-order chi connectivity index (χ1) is 9.04. The molecule has 0 bridgehead atoms. The molecule has 0 saturated carbocycles. The van der Waals surface area contributed by atoms with Gasteiger partial charge in [0.15, 0.2) is 0 Å². The molecule has 0 aromatic heterocycles. The van der Waals surface area contributed by atoms with Crippen molar-refractivity contribution in [3.63, 3.8) is 0 Å². The van der Waals surface area contributed by atoms with Gasteiger partial charge in [-0.25, -0.2) is 13.6 Å². The Kier molecular flexibility index (Phi) is 4.40. The summed E-state index contributed by atoms with van der Waals surface area (Å²) in [5.41, 5.74) is -1.50.